The molecule has 1 amide bonds. The zero-order valence-corrected chi connectivity index (χ0v) is 17.6. The minimum Gasteiger partial charge on any atom is -0.467 e. The number of carbonyl (C=O) groups is 2. The highest BCUT2D eigenvalue weighted by Gasteiger charge is 2.17. The van der Waals surface area contributed by atoms with Crippen LogP contribution >= 0.6 is 0 Å². The molecule has 3 aromatic rings. The number of benzene rings is 1. The number of rotatable bonds is 7. The van der Waals surface area contributed by atoms with E-state index in [1.807, 2.05) is 38.1 Å². The number of aromatic nitrogens is 1. The van der Waals surface area contributed by atoms with Gasteiger partial charge in [0.2, 0.25) is 0 Å². The van der Waals surface area contributed by atoms with E-state index in [9.17, 15) is 9.59 Å². The summed E-state index contributed by atoms with van der Waals surface area (Å²) >= 11 is 0. The lowest BCUT2D eigenvalue weighted by atomic mass is 10.2. The first-order chi connectivity index (χ1) is 14.9. The van der Waals surface area contributed by atoms with Gasteiger partial charge in [-0.15, -0.1) is 0 Å². The molecule has 0 aliphatic heterocycles. The molecule has 0 saturated heterocycles. The van der Waals surface area contributed by atoms with Crippen molar-refractivity contribution in [3.8, 4) is 6.07 Å². The molecule has 2 heterocycles. The number of carbonyl (C=O) groups excluding carboxylic acids is 2. The second kappa shape index (κ2) is 9.63. The average Bonchev–Trinajstić information content (AvgIpc) is 3.36. The maximum atomic E-state index is 12.3. The van der Waals surface area contributed by atoms with E-state index in [4.69, 9.17) is 14.4 Å². The topological polar surface area (TPSA) is 97.3 Å². The highest BCUT2D eigenvalue weighted by molar-refractivity contribution is 5.96. The van der Waals surface area contributed by atoms with Gasteiger partial charge < -0.3 is 19.0 Å². The maximum absolute atomic E-state index is 12.3. The average molecular weight is 417 g/mol. The molecule has 31 heavy (non-hydrogen) atoms. The van der Waals surface area contributed by atoms with Crippen LogP contribution in [-0.4, -0.2) is 22.5 Å². The van der Waals surface area contributed by atoms with Crippen molar-refractivity contribution in [3.63, 3.8) is 0 Å². The van der Waals surface area contributed by atoms with Crippen LogP contribution in [0.2, 0.25) is 0 Å². The Morgan fingerprint density at radius 1 is 1.26 bits per heavy atom. The van der Waals surface area contributed by atoms with Crippen LogP contribution in [0.25, 0.3) is 6.08 Å². The third-order valence-corrected chi connectivity index (χ3v) is 4.83. The van der Waals surface area contributed by atoms with Crippen molar-refractivity contribution in [2.24, 2.45) is 0 Å². The van der Waals surface area contributed by atoms with Crippen molar-refractivity contribution >= 4 is 23.6 Å². The molecule has 1 unspecified atom stereocenters. The van der Waals surface area contributed by atoms with Gasteiger partial charge in [-0.05, 0) is 68.8 Å². The fraction of sp³-hybridized carbons (Fsp3) is 0.208. The maximum Gasteiger partial charge on any atom is 0.331 e. The smallest absolute Gasteiger partial charge is 0.331 e. The molecule has 1 atom stereocenters. The lowest BCUT2D eigenvalue weighted by Gasteiger charge is -2.12. The SMILES string of the molecule is Cc1cc(C=CC(=O)OC(C)C(=O)Nc2cccc(C#N)c2)c(C)n1Cc1ccco1. The van der Waals surface area contributed by atoms with Gasteiger partial charge in [0.05, 0.1) is 24.4 Å². The highest BCUT2D eigenvalue weighted by Crippen LogP contribution is 2.19. The molecule has 7 heteroatoms. The third kappa shape index (κ3) is 5.52. The second-order valence-electron chi connectivity index (χ2n) is 7.09. The Balaban J connectivity index is 1.59. The molecule has 2 aromatic heterocycles. The van der Waals surface area contributed by atoms with E-state index in [1.54, 1.807) is 36.6 Å². The molecular weight excluding hydrogens is 394 g/mol. The molecule has 1 N–H and O–H groups in total. The molecule has 7 nitrogen and oxygen atoms in total. The Bertz CT molecular complexity index is 1150. The van der Waals surface area contributed by atoms with E-state index in [0.717, 1.165) is 22.7 Å². The van der Waals surface area contributed by atoms with E-state index in [-0.39, 0.29) is 0 Å². The number of nitrogens with zero attached hydrogens (tertiary/aromatic N) is 2. The Labute approximate surface area is 180 Å². The van der Waals surface area contributed by atoms with E-state index in [2.05, 4.69) is 9.88 Å². The highest BCUT2D eigenvalue weighted by atomic mass is 16.5. The summed E-state index contributed by atoms with van der Waals surface area (Å²) < 4.78 is 12.7. The van der Waals surface area contributed by atoms with Crippen molar-refractivity contribution in [2.45, 2.75) is 33.4 Å². The van der Waals surface area contributed by atoms with Gasteiger partial charge in [0, 0.05) is 23.2 Å². The number of nitriles is 1. The Kier molecular flexibility index (Phi) is 6.73. The molecule has 0 fully saturated rings. The number of furan rings is 1. The van der Waals surface area contributed by atoms with E-state index >= 15 is 0 Å². The molecule has 0 spiro atoms. The van der Waals surface area contributed by atoms with Crippen LogP contribution < -0.4 is 5.32 Å². The largest absolute Gasteiger partial charge is 0.467 e. The van der Waals surface area contributed by atoms with Crippen LogP contribution in [0.3, 0.4) is 0 Å². The van der Waals surface area contributed by atoms with Crippen molar-refractivity contribution in [3.05, 3.63) is 83.1 Å². The van der Waals surface area contributed by atoms with Gasteiger partial charge in [-0.3, -0.25) is 4.79 Å². The summed E-state index contributed by atoms with van der Waals surface area (Å²) in [7, 11) is 0. The van der Waals surface area contributed by atoms with Gasteiger partial charge in [-0.25, -0.2) is 4.79 Å². The van der Waals surface area contributed by atoms with Gasteiger partial charge in [0.25, 0.3) is 5.91 Å². The van der Waals surface area contributed by atoms with Crippen LogP contribution in [0, 0.1) is 25.2 Å². The van der Waals surface area contributed by atoms with Crippen LogP contribution in [-0.2, 0) is 20.9 Å². The Hall–Kier alpha value is -4.05. The van der Waals surface area contributed by atoms with Crippen molar-refractivity contribution in [2.75, 3.05) is 5.32 Å². The van der Waals surface area contributed by atoms with Gasteiger partial charge in [-0.2, -0.15) is 5.26 Å². The monoisotopic (exact) mass is 417 g/mol. The molecule has 0 bridgehead atoms. The molecule has 3 rings (SSSR count). The van der Waals surface area contributed by atoms with Crippen LogP contribution in [0.15, 0.2) is 59.2 Å². The summed E-state index contributed by atoms with van der Waals surface area (Å²) in [6.45, 7) is 6.04. The van der Waals surface area contributed by atoms with Crippen LogP contribution in [0.5, 0.6) is 0 Å². The first kappa shape index (κ1) is 21.7. The summed E-state index contributed by atoms with van der Waals surface area (Å²) in [4.78, 5) is 24.5. The predicted molar refractivity (Wildman–Crippen MR) is 116 cm³/mol. The number of anilines is 1. The van der Waals surface area contributed by atoms with E-state index in [0.29, 0.717) is 17.8 Å². The molecule has 158 valence electrons. The Morgan fingerprint density at radius 3 is 2.77 bits per heavy atom. The van der Waals surface area contributed by atoms with Gasteiger partial charge in [0.1, 0.15) is 5.76 Å². The number of hydrogen-bond donors (Lipinski definition) is 1. The number of aryl methyl sites for hydroxylation is 1. The number of hydrogen-bond acceptors (Lipinski definition) is 5. The van der Waals surface area contributed by atoms with Crippen molar-refractivity contribution in [1.29, 1.82) is 5.26 Å². The lowest BCUT2D eigenvalue weighted by Crippen LogP contribution is -2.29. The minimum absolute atomic E-state index is 0.426. The number of esters is 1. The van der Waals surface area contributed by atoms with Gasteiger partial charge >= 0.3 is 5.97 Å². The summed E-state index contributed by atoms with van der Waals surface area (Å²) in [5, 5.41) is 11.6. The predicted octanol–water partition coefficient (Wildman–Crippen LogP) is 4.20. The van der Waals surface area contributed by atoms with Gasteiger partial charge in [-0.1, -0.05) is 6.07 Å². The summed E-state index contributed by atoms with van der Waals surface area (Å²) in [5.41, 5.74) is 3.79. The summed E-state index contributed by atoms with van der Waals surface area (Å²) in [6, 6.07) is 14.2. The molecule has 0 aliphatic rings. The first-order valence-corrected chi connectivity index (χ1v) is 9.76. The normalized spacial score (nSPS) is 11.8. The van der Waals surface area contributed by atoms with Crippen molar-refractivity contribution in [1.82, 2.24) is 4.57 Å². The third-order valence-electron chi connectivity index (χ3n) is 4.83. The van der Waals surface area contributed by atoms with Crippen molar-refractivity contribution < 1.29 is 18.7 Å². The zero-order valence-electron chi connectivity index (χ0n) is 17.6. The standard InChI is InChI=1S/C24H23N3O4/c1-16-12-20(17(2)27(16)15-22-8-5-11-30-22)9-10-23(28)31-18(3)24(29)26-21-7-4-6-19(13-21)14-25/h4-13,18H,15H2,1-3H3,(H,26,29). The minimum atomic E-state index is -0.991. The van der Waals surface area contributed by atoms with E-state index in [1.165, 1.54) is 13.0 Å². The fourth-order valence-corrected chi connectivity index (χ4v) is 3.13. The molecular formula is C24H23N3O4. The lowest BCUT2D eigenvalue weighted by molar-refractivity contribution is -0.148. The quantitative estimate of drug-likeness (QED) is 0.459. The molecule has 0 aliphatic carbocycles. The number of amides is 1. The summed E-state index contributed by atoms with van der Waals surface area (Å²) in [5.74, 6) is -0.255. The van der Waals surface area contributed by atoms with Crippen LogP contribution in [0.4, 0.5) is 5.69 Å². The second-order valence-corrected chi connectivity index (χ2v) is 7.09. The van der Waals surface area contributed by atoms with Crippen LogP contribution in [0.1, 0.15) is 35.2 Å². The zero-order chi connectivity index (χ0) is 22.4. The Morgan fingerprint density at radius 2 is 2.06 bits per heavy atom. The molecule has 0 saturated carbocycles. The van der Waals surface area contributed by atoms with Gasteiger partial charge in [0.15, 0.2) is 6.10 Å². The van der Waals surface area contributed by atoms with E-state index < -0.39 is 18.0 Å². The summed E-state index contributed by atoms with van der Waals surface area (Å²) in [6.07, 6.45) is 3.62. The molecule has 0 radical (unpaired) electrons. The fourth-order valence-electron chi connectivity index (χ4n) is 3.13. The number of nitrogens with one attached hydrogen (secondary N) is 1. The first-order valence-electron chi connectivity index (χ1n) is 9.76. The number of ether oxygens (including phenoxy) is 1. The molecule has 1 aromatic carbocycles.